The molecular formula is C7H5BrFN3. The minimum absolute atomic E-state index is 0.316. The molecule has 0 saturated heterocycles. The molecule has 12 heavy (non-hydrogen) atoms. The lowest BCUT2D eigenvalue weighted by molar-refractivity contribution is 0.630. The normalized spacial score (nSPS) is 10.8. The highest BCUT2D eigenvalue weighted by Gasteiger charge is 2.09. The van der Waals surface area contributed by atoms with Gasteiger partial charge in [0.25, 0.3) is 0 Å². The second-order valence-electron chi connectivity index (χ2n) is 2.39. The topological polar surface area (TPSA) is 54.7 Å². The molecule has 1 heterocycles. The van der Waals surface area contributed by atoms with Crippen molar-refractivity contribution in [3.63, 3.8) is 0 Å². The third kappa shape index (κ3) is 0.896. The van der Waals surface area contributed by atoms with E-state index in [1.54, 1.807) is 12.1 Å². The maximum atomic E-state index is 13.2. The van der Waals surface area contributed by atoms with Crippen LogP contribution in [0.2, 0.25) is 0 Å². The quantitative estimate of drug-likeness (QED) is 0.727. The lowest BCUT2D eigenvalue weighted by atomic mass is 10.2. The van der Waals surface area contributed by atoms with Crippen LogP contribution in [0.4, 0.5) is 10.2 Å². The van der Waals surface area contributed by atoms with Crippen LogP contribution in [0.25, 0.3) is 10.9 Å². The highest BCUT2D eigenvalue weighted by Crippen LogP contribution is 2.25. The molecule has 0 aliphatic rings. The maximum Gasteiger partial charge on any atom is 0.163 e. The molecule has 1 aromatic heterocycles. The second kappa shape index (κ2) is 2.45. The number of nitrogens with zero attached hydrogens (tertiary/aromatic N) is 1. The van der Waals surface area contributed by atoms with Crippen molar-refractivity contribution in [3.8, 4) is 0 Å². The van der Waals surface area contributed by atoms with Gasteiger partial charge in [-0.15, -0.1) is 0 Å². The van der Waals surface area contributed by atoms with Crippen LogP contribution in [0.5, 0.6) is 0 Å². The van der Waals surface area contributed by atoms with Gasteiger partial charge in [0.2, 0.25) is 0 Å². The van der Waals surface area contributed by atoms with Gasteiger partial charge < -0.3 is 5.73 Å². The van der Waals surface area contributed by atoms with Crippen molar-refractivity contribution in [1.29, 1.82) is 0 Å². The number of anilines is 1. The molecule has 0 radical (unpaired) electrons. The van der Waals surface area contributed by atoms with Crippen molar-refractivity contribution in [2.45, 2.75) is 0 Å². The molecule has 0 fully saturated rings. The Hall–Kier alpha value is -1.10. The van der Waals surface area contributed by atoms with E-state index >= 15 is 0 Å². The molecule has 5 heteroatoms. The summed E-state index contributed by atoms with van der Waals surface area (Å²) in [5.74, 6) is -0.0481. The van der Waals surface area contributed by atoms with Crippen molar-refractivity contribution in [2.24, 2.45) is 0 Å². The third-order valence-electron chi connectivity index (χ3n) is 1.66. The summed E-state index contributed by atoms with van der Waals surface area (Å²) >= 11 is 3.06. The van der Waals surface area contributed by atoms with Gasteiger partial charge in [-0.3, -0.25) is 5.10 Å². The van der Waals surface area contributed by atoms with Gasteiger partial charge in [0.1, 0.15) is 5.52 Å². The fraction of sp³-hybridized carbons (Fsp3) is 0. The largest absolute Gasteiger partial charge is 0.382 e. The Morgan fingerprint density at radius 3 is 3.00 bits per heavy atom. The van der Waals surface area contributed by atoms with Gasteiger partial charge in [-0.1, -0.05) is 0 Å². The zero-order chi connectivity index (χ0) is 8.72. The number of hydrogen-bond acceptors (Lipinski definition) is 2. The molecule has 2 aromatic rings. The molecule has 0 saturated carbocycles. The minimum atomic E-state index is -0.364. The predicted molar refractivity (Wildman–Crippen MR) is 48.2 cm³/mol. The Kier molecular flexibility index (Phi) is 1.54. The molecule has 0 aliphatic heterocycles. The van der Waals surface area contributed by atoms with E-state index in [9.17, 15) is 4.39 Å². The fourth-order valence-corrected chi connectivity index (χ4v) is 1.38. The van der Waals surface area contributed by atoms with Crippen molar-refractivity contribution in [1.82, 2.24) is 10.2 Å². The SMILES string of the molecule is Nc1n[nH]c2c(F)c(Br)ccc12. The number of hydrogen-bond donors (Lipinski definition) is 2. The van der Waals surface area contributed by atoms with Crippen LogP contribution in [-0.2, 0) is 0 Å². The van der Waals surface area contributed by atoms with E-state index in [2.05, 4.69) is 26.1 Å². The van der Waals surface area contributed by atoms with Gasteiger partial charge in [0, 0.05) is 5.39 Å². The van der Waals surface area contributed by atoms with E-state index in [1.807, 2.05) is 0 Å². The zero-order valence-corrected chi connectivity index (χ0v) is 7.52. The number of aromatic amines is 1. The lowest BCUT2D eigenvalue weighted by Crippen LogP contribution is -1.84. The molecule has 0 atom stereocenters. The summed E-state index contributed by atoms with van der Waals surface area (Å²) in [6, 6.07) is 3.31. The van der Waals surface area contributed by atoms with Gasteiger partial charge in [-0.2, -0.15) is 5.10 Å². The summed E-state index contributed by atoms with van der Waals surface area (Å²) in [6.07, 6.45) is 0. The molecule has 0 unspecified atom stereocenters. The zero-order valence-electron chi connectivity index (χ0n) is 5.94. The van der Waals surface area contributed by atoms with Gasteiger partial charge >= 0.3 is 0 Å². The van der Waals surface area contributed by atoms with Crippen LogP contribution in [0.1, 0.15) is 0 Å². The van der Waals surface area contributed by atoms with E-state index in [0.717, 1.165) is 0 Å². The Morgan fingerprint density at radius 1 is 1.50 bits per heavy atom. The minimum Gasteiger partial charge on any atom is -0.382 e. The van der Waals surface area contributed by atoms with Crippen LogP contribution in [0, 0.1) is 5.82 Å². The number of aromatic nitrogens is 2. The molecule has 0 aliphatic carbocycles. The maximum absolute atomic E-state index is 13.2. The number of H-pyrrole nitrogens is 1. The van der Waals surface area contributed by atoms with Crippen LogP contribution >= 0.6 is 15.9 Å². The summed E-state index contributed by atoms with van der Waals surface area (Å²) in [4.78, 5) is 0. The average Bonchev–Trinajstić information content (AvgIpc) is 2.41. The summed E-state index contributed by atoms with van der Waals surface area (Å²) in [5.41, 5.74) is 5.81. The molecule has 1 aromatic carbocycles. The van der Waals surface area contributed by atoms with E-state index < -0.39 is 0 Å². The summed E-state index contributed by atoms with van der Waals surface area (Å²) in [6.45, 7) is 0. The summed E-state index contributed by atoms with van der Waals surface area (Å²) < 4.78 is 13.6. The van der Waals surface area contributed by atoms with E-state index in [0.29, 0.717) is 21.2 Å². The molecule has 3 nitrogen and oxygen atoms in total. The van der Waals surface area contributed by atoms with Crippen LogP contribution in [0.3, 0.4) is 0 Å². The first-order chi connectivity index (χ1) is 5.70. The fourth-order valence-electron chi connectivity index (χ4n) is 1.05. The van der Waals surface area contributed by atoms with Crippen molar-refractivity contribution in [2.75, 3.05) is 5.73 Å². The smallest absolute Gasteiger partial charge is 0.163 e. The molecule has 0 bridgehead atoms. The first-order valence-electron chi connectivity index (χ1n) is 3.27. The Labute approximate surface area is 75.9 Å². The first kappa shape index (κ1) is 7.54. The number of nitrogens with one attached hydrogen (secondary N) is 1. The van der Waals surface area contributed by atoms with Crippen molar-refractivity contribution in [3.05, 3.63) is 22.4 Å². The molecule has 0 amide bonds. The van der Waals surface area contributed by atoms with Crippen LogP contribution in [0.15, 0.2) is 16.6 Å². The summed E-state index contributed by atoms with van der Waals surface area (Å²) in [7, 11) is 0. The molecule has 3 N–H and O–H groups in total. The Bertz CT molecular complexity index is 437. The first-order valence-corrected chi connectivity index (χ1v) is 4.07. The Balaban J connectivity index is 2.93. The standard InChI is InChI=1S/C7H5BrFN3/c8-4-2-1-3-6(5(4)9)11-12-7(3)10/h1-2H,(H3,10,11,12). The number of fused-ring (bicyclic) bond motifs is 1. The van der Waals surface area contributed by atoms with Gasteiger partial charge in [-0.25, -0.2) is 4.39 Å². The highest BCUT2D eigenvalue weighted by molar-refractivity contribution is 9.10. The van der Waals surface area contributed by atoms with Gasteiger partial charge in [-0.05, 0) is 28.1 Å². The number of nitrogens with two attached hydrogens (primary N) is 1. The van der Waals surface area contributed by atoms with Crippen molar-refractivity contribution >= 4 is 32.7 Å². The Morgan fingerprint density at radius 2 is 2.25 bits per heavy atom. The van der Waals surface area contributed by atoms with Crippen LogP contribution < -0.4 is 5.73 Å². The number of benzene rings is 1. The second-order valence-corrected chi connectivity index (χ2v) is 3.25. The third-order valence-corrected chi connectivity index (χ3v) is 2.27. The van der Waals surface area contributed by atoms with Gasteiger partial charge in [0.15, 0.2) is 11.6 Å². The lowest BCUT2D eigenvalue weighted by Gasteiger charge is -1.94. The number of halogens is 2. The summed E-state index contributed by atoms with van der Waals surface area (Å²) in [5, 5.41) is 6.81. The van der Waals surface area contributed by atoms with Crippen molar-refractivity contribution < 1.29 is 4.39 Å². The molecule has 0 spiro atoms. The van der Waals surface area contributed by atoms with E-state index in [-0.39, 0.29) is 5.82 Å². The van der Waals surface area contributed by atoms with Gasteiger partial charge in [0.05, 0.1) is 4.47 Å². The van der Waals surface area contributed by atoms with E-state index in [4.69, 9.17) is 5.73 Å². The molecule has 62 valence electrons. The predicted octanol–water partition coefficient (Wildman–Crippen LogP) is 2.05. The average molecular weight is 230 g/mol. The molecular weight excluding hydrogens is 225 g/mol. The number of rotatable bonds is 0. The monoisotopic (exact) mass is 229 g/mol. The molecule has 2 rings (SSSR count). The number of nitrogen functional groups attached to an aromatic ring is 1. The van der Waals surface area contributed by atoms with Crippen LogP contribution in [-0.4, -0.2) is 10.2 Å². The van der Waals surface area contributed by atoms with E-state index in [1.165, 1.54) is 0 Å². The highest BCUT2D eigenvalue weighted by atomic mass is 79.9.